The first-order chi connectivity index (χ1) is 15.9. The summed E-state index contributed by atoms with van der Waals surface area (Å²) in [5, 5.41) is 4.81. The molecule has 0 aromatic heterocycles. The molecule has 2 N–H and O–H groups in total. The predicted molar refractivity (Wildman–Crippen MR) is 128 cm³/mol. The molecule has 0 unspecified atom stereocenters. The summed E-state index contributed by atoms with van der Waals surface area (Å²) in [5.74, 6) is 0.604. The number of ether oxygens (including phenoxy) is 2. The first kappa shape index (κ1) is 22.2. The fourth-order valence-electron chi connectivity index (χ4n) is 3.29. The molecule has 0 aliphatic carbocycles. The lowest BCUT2D eigenvalue weighted by Gasteiger charge is -2.11. The summed E-state index contributed by atoms with van der Waals surface area (Å²) in [4.78, 5) is 12.4. The molecule has 0 atom stereocenters. The van der Waals surface area contributed by atoms with Crippen molar-refractivity contribution in [2.75, 3.05) is 23.8 Å². The first-order valence-corrected chi connectivity index (χ1v) is 11.6. The highest BCUT2D eigenvalue weighted by Crippen LogP contribution is 2.24. The Balaban J connectivity index is 1.37. The van der Waals surface area contributed by atoms with Crippen LogP contribution in [0.2, 0.25) is 0 Å². The zero-order valence-corrected chi connectivity index (χ0v) is 18.6. The van der Waals surface area contributed by atoms with Crippen LogP contribution in [0.3, 0.4) is 0 Å². The maximum Gasteiger partial charge on any atom is 0.262 e. The second kappa shape index (κ2) is 9.62. The Kier molecular flexibility index (Phi) is 6.46. The van der Waals surface area contributed by atoms with Crippen LogP contribution >= 0.6 is 0 Å². The van der Waals surface area contributed by atoms with Crippen molar-refractivity contribution in [2.45, 2.75) is 4.90 Å². The summed E-state index contributed by atoms with van der Waals surface area (Å²) in [6.45, 7) is -0.211. The van der Waals surface area contributed by atoms with Crippen molar-refractivity contribution < 1.29 is 22.7 Å². The second-order valence-corrected chi connectivity index (χ2v) is 8.85. The number of hydrogen-bond donors (Lipinski definition) is 2. The molecule has 168 valence electrons. The van der Waals surface area contributed by atoms with Crippen molar-refractivity contribution in [3.63, 3.8) is 0 Å². The molecule has 0 aliphatic rings. The zero-order valence-electron chi connectivity index (χ0n) is 17.8. The summed E-state index contributed by atoms with van der Waals surface area (Å²) in [6.07, 6.45) is 0. The van der Waals surface area contributed by atoms with Crippen molar-refractivity contribution >= 4 is 38.1 Å². The number of benzene rings is 4. The van der Waals surface area contributed by atoms with Gasteiger partial charge in [0.15, 0.2) is 6.61 Å². The van der Waals surface area contributed by atoms with Gasteiger partial charge in [-0.25, -0.2) is 8.42 Å². The van der Waals surface area contributed by atoms with Crippen LogP contribution in [0.5, 0.6) is 11.5 Å². The van der Waals surface area contributed by atoms with Crippen LogP contribution in [0.1, 0.15) is 0 Å². The van der Waals surface area contributed by atoms with Crippen molar-refractivity contribution in [3.8, 4) is 11.5 Å². The fourth-order valence-corrected chi connectivity index (χ4v) is 4.33. The van der Waals surface area contributed by atoms with Gasteiger partial charge in [0.25, 0.3) is 15.9 Å². The van der Waals surface area contributed by atoms with Gasteiger partial charge < -0.3 is 14.8 Å². The summed E-state index contributed by atoms with van der Waals surface area (Å²) in [7, 11) is -2.28. The highest BCUT2D eigenvalue weighted by Gasteiger charge is 2.15. The molecule has 0 saturated carbocycles. The molecule has 33 heavy (non-hydrogen) atoms. The minimum Gasteiger partial charge on any atom is -0.497 e. The van der Waals surface area contributed by atoms with Crippen LogP contribution < -0.4 is 19.5 Å². The third kappa shape index (κ3) is 5.42. The van der Waals surface area contributed by atoms with E-state index in [1.807, 2.05) is 42.5 Å². The SMILES string of the molecule is COc1cccc(NS(=O)(=O)c2ccc(OCC(=O)Nc3cccc4ccccc34)cc2)c1. The highest BCUT2D eigenvalue weighted by molar-refractivity contribution is 7.92. The molecule has 4 aromatic carbocycles. The number of anilines is 2. The number of hydrogen-bond acceptors (Lipinski definition) is 5. The Morgan fingerprint density at radius 1 is 0.848 bits per heavy atom. The van der Waals surface area contributed by atoms with Crippen LogP contribution in [0.4, 0.5) is 11.4 Å². The Morgan fingerprint density at radius 3 is 2.36 bits per heavy atom. The van der Waals surface area contributed by atoms with Crippen LogP contribution in [0, 0.1) is 0 Å². The molecule has 7 nitrogen and oxygen atoms in total. The van der Waals surface area contributed by atoms with Crippen LogP contribution in [-0.4, -0.2) is 28.0 Å². The maximum atomic E-state index is 12.6. The lowest BCUT2D eigenvalue weighted by molar-refractivity contribution is -0.118. The number of nitrogens with one attached hydrogen (secondary N) is 2. The van der Waals surface area contributed by atoms with E-state index in [9.17, 15) is 13.2 Å². The zero-order chi connectivity index (χ0) is 23.3. The van der Waals surface area contributed by atoms with Crippen molar-refractivity contribution in [2.24, 2.45) is 0 Å². The van der Waals surface area contributed by atoms with E-state index in [1.54, 1.807) is 24.3 Å². The lowest BCUT2D eigenvalue weighted by atomic mass is 10.1. The van der Waals surface area contributed by atoms with Gasteiger partial charge >= 0.3 is 0 Å². The van der Waals surface area contributed by atoms with Crippen LogP contribution in [0.15, 0.2) is 95.9 Å². The topological polar surface area (TPSA) is 93.7 Å². The summed E-state index contributed by atoms with van der Waals surface area (Å²) in [6, 6.07) is 25.9. The maximum absolute atomic E-state index is 12.6. The van der Waals surface area contributed by atoms with Crippen LogP contribution in [-0.2, 0) is 14.8 Å². The van der Waals surface area contributed by atoms with E-state index >= 15 is 0 Å². The standard InChI is InChI=1S/C25H22N2O5S/c1-31-21-9-5-8-19(16-21)27-33(29,30)22-14-12-20(13-15-22)32-17-25(28)26-24-11-4-7-18-6-2-3-10-23(18)24/h2-16,27H,17H2,1H3,(H,26,28). The molecule has 0 spiro atoms. The Labute approximate surface area is 192 Å². The molecule has 0 fully saturated rings. The quantitative estimate of drug-likeness (QED) is 0.397. The highest BCUT2D eigenvalue weighted by atomic mass is 32.2. The molecular formula is C25H22N2O5S. The molecule has 0 saturated heterocycles. The van der Waals surface area contributed by atoms with Gasteiger partial charge in [-0.1, -0.05) is 42.5 Å². The number of carbonyl (C=O) groups is 1. The number of fused-ring (bicyclic) bond motifs is 1. The van der Waals surface area contributed by atoms with Gasteiger partial charge in [-0.15, -0.1) is 0 Å². The Morgan fingerprint density at radius 2 is 1.58 bits per heavy atom. The lowest BCUT2D eigenvalue weighted by Crippen LogP contribution is -2.20. The molecule has 4 rings (SSSR count). The third-order valence-corrected chi connectivity index (χ3v) is 6.29. The molecule has 1 amide bonds. The van der Waals surface area contributed by atoms with E-state index in [2.05, 4.69) is 10.0 Å². The van der Waals surface area contributed by atoms with Crippen molar-refractivity contribution in [3.05, 3.63) is 91.0 Å². The van der Waals surface area contributed by atoms with Gasteiger partial charge in [0, 0.05) is 17.1 Å². The monoisotopic (exact) mass is 462 g/mol. The van der Waals surface area contributed by atoms with E-state index in [1.165, 1.54) is 31.4 Å². The van der Waals surface area contributed by atoms with E-state index in [-0.39, 0.29) is 17.4 Å². The fraction of sp³-hybridized carbons (Fsp3) is 0.0800. The minimum absolute atomic E-state index is 0.0675. The van der Waals surface area contributed by atoms with E-state index in [0.29, 0.717) is 22.9 Å². The molecule has 0 radical (unpaired) electrons. The number of rotatable bonds is 8. The van der Waals surface area contributed by atoms with Gasteiger partial charge in [0.2, 0.25) is 0 Å². The molecule has 0 aliphatic heterocycles. The minimum atomic E-state index is -3.79. The largest absolute Gasteiger partial charge is 0.497 e. The normalized spacial score (nSPS) is 11.1. The van der Waals surface area contributed by atoms with Gasteiger partial charge in [-0.2, -0.15) is 0 Å². The summed E-state index contributed by atoms with van der Waals surface area (Å²) in [5.41, 5.74) is 1.09. The van der Waals surface area contributed by atoms with Gasteiger partial charge in [-0.3, -0.25) is 9.52 Å². The first-order valence-electron chi connectivity index (χ1n) is 10.1. The summed E-state index contributed by atoms with van der Waals surface area (Å²) >= 11 is 0. The van der Waals surface area contributed by atoms with E-state index < -0.39 is 10.0 Å². The molecule has 0 heterocycles. The van der Waals surface area contributed by atoms with Gasteiger partial charge in [-0.05, 0) is 47.9 Å². The Bertz CT molecular complexity index is 1380. The number of sulfonamides is 1. The predicted octanol–water partition coefficient (Wildman–Crippen LogP) is 4.67. The molecular weight excluding hydrogens is 440 g/mol. The molecule has 8 heteroatoms. The van der Waals surface area contributed by atoms with Crippen molar-refractivity contribution in [1.29, 1.82) is 0 Å². The number of methoxy groups -OCH3 is 1. The second-order valence-electron chi connectivity index (χ2n) is 7.17. The average molecular weight is 463 g/mol. The molecule has 4 aromatic rings. The van der Waals surface area contributed by atoms with Gasteiger partial charge in [0.1, 0.15) is 11.5 Å². The van der Waals surface area contributed by atoms with Gasteiger partial charge in [0.05, 0.1) is 17.7 Å². The van der Waals surface area contributed by atoms with E-state index in [0.717, 1.165) is 10.8 Å². The number of carbonyl (C=O) groups excluding carboxylic acids is 1. The van der Waals surface area contributed by atoms with E-state index in [4.69, 9.17) is 9.47 Å². The number of amides is 1. The van der Waals surface area contributed by atoms with Crippen LogP contribution in [0.25, 0.3) is 10.8 Å². The Hall–Kier alpha value is -4.04. The summed E-state index contributed by atoms with van der Waals surface area (Å²) < 4.78 is 38.4. The molecule has 0 bridgehead atoms. The smallest absolute Gasteiger partial charge is 0.262 e. The van der Waals surface area contributed by atoms with Crippen molar-refractivity contribution in [1.82, 2.24) is 0 Å². The average Bonchev–Trinajstić information content (AvgIpc) is 2.83. The third-order valence-electron chi connectivity index (χ3n) is 4.89.